The minimum absolute atomic E-state index is 0.0996. The lowest BCUT2D eigenvalue weighted by Gasteiger charge is -2.03. The summed E-state index contributed by atoms with van der Waals surface area (Å²) >= 11 is 0. The normalized spacial score (nSPS) is 10.8. The van der Waals surface area contributed by atoms with Gasteiger partial charge in [-0.05, 0) is 0 Å². The molecule has 4 N–H and O–H groups in total. The Morgan fingerprint density at radius 1 is 1.25 bits per heavy atom. The van der Waals surface area contributed by atoms with Gasteiger partial charge in [-0.1, -0.05) is 0 Å². The van der Waals surface area contributed by atoms with Crippen LogP contribution in [0.5, 0.6) is 0 Å². The van der Waals surface area contributed by atoms with Gasteiger partial charge in [0, 0.05) is 0 Å². The second-order valence-electron chi connectivity index (χ2n) is 2.84. The highest BCUT2D eigenvalue weighted by atomic mass is 15.4. The molecule has 0 aromatic carbocycles. The van der Waals surface area contributed by atoms with Gasteiger partial charge in [0.25, 0.3) is 5.78 Å². The minimum Gasteiger partial charge on any atom is -0.368 e. The van der Waals surface area contributed by atoms with Gasteiger partial charge in [0.15, 0.2) is 0 Å². The third-order valence-electron chi connectivity index (χ3n) is 1.81. The molecule has 0 bridgehead atoms. The summed E-state index contributed by atoms with van der Waals surface area (Å²) in [5.74, 6) is 1.24. The Hall–Kier alpha value is -2.78. The number of nitrogens with two attached hydrogens (primary N) is 1. The molecule has 0 amide bonds. The van der Waals surface area contributed by atoms with E-state index in [1.807, 2.05) is 0 Å². The number of rotatable bonds is 2. The van der Waals surface area contributed by atoms with Crippen LogP contribution in [0.15, 0.2) is 12.7 Å². The fourth-order valence-corrected chi connectivity index (χ4v) is 1.20. The molecule has 0 saturated carbocycles. The zero-order valence-corrected chi connectivity index (χ0v) is 7.86. The lowest BCUT2D eigenvalue weighted by atomic mass is 10.8. The molecule has 16 heavy (non-hydrogen) atoms. The molecule has 3 aromatic heterocycles. The van der Waals surface area contributed by atoms with Crippen LogP contribution in [0, 0.1) is 0 Å². The van der Waals surface area contributed by atoms with Gasteiger partial charge in [-0.3, -0.25) is 5.32 Å². The van der Waals surface area contributed by atoms with Gasteiger partial charge in [0.2, 0.25) is 17.8 Å². The summed E-state index contributed by atoms with van der Waals surface area (Å²) in [5, 5.41) is 13.1. The maximum absolute atomic E-state index is 5.52. The van der Waals surface area contributed by atoms with Crippen molar-refractivity contribution in [2.45, 2.75) is 0 Å². The van der Waals surface area contributed by atoms with E-state index < -0.39 is 0 Å². The quantitative estimate of drug-likeness (QED) is 0.496. The topological polar surface area (TPSA) is 136 Å². The number of nitrogen functional groups attached to an aromatic ring is 1. The monoisotopic (exact) mass is 218 g/mol. The maximum Gasteiger partial charge on any atom is 0.258 e. The summed E-state index contributed by atoms with van der Waals surface area (Å²) < 4.78 is 1.40. The summed E-state index contributed by atoms with van der Waals surface area (Å²) in [4.78, 5) is 15.7. The zero-order chi connectivity index (χ0) is 11.0. The number of hydrogen-bond acceptors (Lipinski definition) is 8. The molecule has 0 radical (unpaired) electrons. The zero-order valence-electron chi connectivity index (χ0n) is 7.86. The minimum atomic E-state index is 0.0996. The summed E-state index contributed by atoms with van der Waals surface area (Å²) in [5.41, 5.74) is 5.52. The molecule has 0 atom stereocenters. The molecule has 0 aliphatic carbocycles. The van der Waals surface area contributed by atoms with Crippen molar-refractivity contribution < 1.29 is 0 Å². The Morgan fingerprint density at radius 2 is 2.19 bits per heavy atom. The number of H-pyrrole nitrogens is 1. The van der Waals surface area contributed by atoms with Gasteiger partial charge in [0.1, 0.15) is 12.7 Å². The number of aromatic amines is 1. The number of fused-ring (bicyclic) bond motifs is 1. The van der Waals surface area contributed by atoms with Gasteiger partial charge in [-0.25, -0.2) is 5.10 Å². The molecule has 0 fully saturated rings. The average molecular weight is 218 g/mol. The summed E-state index contributed by atoms with van der Waals surface area (Å²) in [6.45, 7) is 0. The standard InChI is InChI=1S/C6H6N10/c7-3-12-5-9-2-11-16(5)6(13-3)14-4-8-1-10-15-4/h1-2H,(H4,7,8,9,10,11,12,13,14,15). The van der Waals surface area contributed by atoms with E-state index >= 15 is 0 Å². The highest BCUT2D eigenvalue weighted by molar-refractivity contribution is 5.48. The van der Waals surface area contributed by atoms with Crippen LogP contribution in [-0.2, 0) is 0 Å². The van der Waals surface area contributed by atoms with Crippen LogP contribution in [0.3, 0.4) is 0 Å². The summed E-state index contributed by atoms with van der Waals surface area (Å²) in [7, 11) is 0. The number of nitrogens with zero attached hydrogens (tertiary/aromatic N) is 7. The molecule has 10 heteroatoms. The van der Waals surface area contributed by atoms with Crippen molar-refractivity contribution >= 4 is 23.6 Å². The van der Waals surface area contributed by atoms with Gasteiger partial charge >= 0.3 is 0 Å². The van der Waals surface area contributed by atoms with Crippen molar-refractivity contribution in [2.24, 2.45) is 0 Å². The van der Waals surface area contributed by atoms with Crippen LogP contribution in [0.2, 0.25) is 0 Å². The largest absolute Gasteiger partial charge is 0.368 e. The molecule has 80 valence electrons. The number of hydrogen-bond donors (Lipinski definition) is 3. The Labute approximate surface area is 88.0 Å². The molecule has 3 aromatic rings. The van der Waals surface area contributed by atoms with E-state index in [0.717, 1.165) is 0 Å². The molecule has 3 rings (SSSR count). The Morgan fingerprint density at radius 3 is 3.00 bits per heavy atom. The van der Waals surface area contributed by atoms with Crippen molar-refractivity contribution in [3.63, 3.8) is 0 Å². The number of aromatic nitrogens is 8. The van der Waals surface area contributed by atoms with Crippen molar-refractivity contribution in [1.29, 1.82) is 0 Å². The summed E-state index contributed by atoms with van der Waals surface area (Å²) in [6, 6.07) is 0. The lowest BCUT2D eigenvalue weighted by molar-refractivity contribution is 0.903. The van der Waals surface area contributed by atoms with Crippen molar-refractivity contribution in [2.75, 3.05) is 11.1 Å². The second-order valence-corrected chi connectivity index (χ2v) is 2.84. The van der Waals surface area contributed by atoms with Crippen LogP contribution in [-0.4, -0.2) is 39.7 Å². The summed E-state index contributed by atoms with van der Waals surface area (Å²) in [6.07, 6.45) is 2.72. The molecule has 0 aliphatic rings. The smallest absolute Gasteiger partial charge is 0.258 e. The predicted octanol–water partition coefficient (Wildman–Crippen LogP) is -1.04. The Bertz CT molecular complexity index is 609. The fraction of sp³-hybridized carbons (Fsp3) is 0. The Balaban J connectivity index is 2.11. The highest BCUT2D eigenvalue weighted by Crippen LogP contribution is 2.10. The van der Waals surface area contributed by atoms with E-state index in [4.69, 9.17) is 5.73 Å². The van der Waals surface area contributed by atoms with Gasteiger partial charge in [-0.2, -0.15) is 34.6 Å². The van der Waals surface area contributed by atoms with Crippen LogP contribution in [0.4, 0.5) is 17.8 Å². The molecule has 0 saturated heterocycles. The van der Waals surface area contributed by atoms with Crippen molar-refractivity contribution in [3.05, 3.63) is 12.7 Å². The maximum atomic E-state index is 5.52. The third kappa shape index (κ3) is 1.28. The lowest BCUT2D eigenvalue weighted by Crippen LogP contribution is -2.08. The van der Waals surface area contributed by atoms with E-state index in [-0.39, 0.29) is 5.95 Å². The average Bonchev–Trinajstić information content (AvgIpc) is 2.87. The first-order valence-corrected chi connectivity index (χ1v) is 4.28. The number of nitrogens with one attached hydrogen (secondary N) is 2. The van der Waals surface area contributed by atoms with Gasteiger partial charge in [-0.15, -0.1) is 0 Å². The van der Waals surface area contributed by atoms with E-state index in [9.17, 15) is 0 Å². The fourth-order valence-electron chi connectivity index (χ4n) is 1.20. The number of anilines is 3. The van der Waals surface area contributed by atoms with Gasteiger partial charge < -0.3 is 5.73 Å². The van der Waals surface area contributed by atoms with Crippen LogP contribution >= 0.6 is 0 Å². The van der Waals surface area contributed by atoms with E-state index in [2.05, 4.69) is 40.5 Å². The van der Waals surface area contributed by atoms with Crippen LogP contribution < -0.4 is 11.1 Å². The van der Waals surface area contributed by atoms with Crippen molar-refractivity contribution in [1.82, 2.24) is 39.7 Å². The first kappa shape index (κ1) is 8.52. The van der Waals surface area contributed by atoms with E-state index in [1.165, 1.54) is 17.2 Å². The third-order valence-corrected chi connectivity index (χ3v) is 1.81. The van der Waals surface area contributed by atoms with Crippen molar-refractivity contribution in [3.8, 4) is 0 Å². The first-order chi connectivity index (χ1) is 7.83. The molecule has 3 heterocycles. The van der Waals surface area contributed by atoms with Gasteiger partial charge in [0.05, 0.1) is 0 Å². The molecular weight excluding hydrogens is 212 g/mol. The Kier molecular flexibility index (Phi) is 1.66. The second kappa shape index (κ2) is 3.12. The van der Waals surface area contributed by atoms with E-state index in [0.29, 0.717) is 17.7 Å². The van der Waals surface area contributed by atoms with Crippen LogP contribution in [0.25, 0.3) is 5.78 Å². The SMILES string of the molecule is Nc1nc(Nc2ncn[nH]2)n2ncnc2n1. The molecular formula is C6H6N10. The molecule has 0 aliphatic heterocycles. The predicted molar refractivity (Wildman–Crippen MR) is 52.7 cm³/mol. The van der Waals surface area contributed by atoms with Crippen LogP contribution in [0.1, 0.15) is 0 Å². The molecule has 0 spiro atoms. The highest BCUT2D eigenvalue weighted by Gasteiger charge is 2.08. The first-order valence-electron chi connectivity index (χ1n) is 4.28. The molecule has 0 unspecified atom stereocenters. The van der Waals surface area contributed by atoms with E-state index in [1.54, 1.807) is 0 Å². The molecule has 10 nitrogen and oxygen atoms in total.